The molecule has 0 aromatic carbocycles. The van der Waals surface area contributed by atoms with Crippen LogP contribution in [0.4, 0.5) is 0 Å². The molecule has 1 heterocycles. The van der Waals surface area contributed by atoms with E-state index in [0.717, 1.165) is 0 Å². The molecule has 0 amide bonds. The van der Waals surface area contributed by atoms with Crippen molar-refractivity contribution in [1.82, 2.24) is 0 Å². The summed E-state index contributed by atoms with van der Waals surface area (Å²) in [7, 11) is 3.93. The van der Waals surface area contributed by atoms with Crippen molar-refractivity contribution in [2.24, 2.45) is 17.8 Å². The van der Waals surface area contributed by atoms with Gasteiger partial charge in [-0.3, -0.25) is 9.59 Å². The minimum absolute atomic E-state index is 0.159. The van der Waals surface area contributed by atoms with Crippen LogP contribution in [0.5, 0.6) is 0 Å². The van der Waals surface area contributed by atoms with E-state index in [1.165, 1.54) is 21.3 Å². The number of ketones is 1. The molecule has 21 heavy (non-hydrogen) atoms. The van der Waals surface area contributed by atoms with Crippen LogP contribution in [0.25, 0.3) is 0 Å². The molecule has 1 aliphatic heterocycles. The SMILES string of the molecule is COC(=O)C1=C[C@H]2C(=O)C(OC)(OC)[C@@H]1[C@H]1OC(=O)C[C@H]12. The average Bonchev–Trinajstić information content (AvgIpc) is 2.89. The Hall–Kier alpha value is -1.73. The number of ether oxygens (including phenoxy) is 4. The van der Waals surface area contributed by atoms with Crippen molar-refractivity contribution in [2.75, 3.05) is 21.3 Å². The number of fused-ring (bicyclic) bond motifs is 1. The highest BCUT2D eigenvalue weighted by Crippen LogP contribution is 2.54. The van der Waals surface area contributed by atoms with Gasteiger partial charge in [-0.25, -0.2) is 4.79 Å². The molecule has 4 rings (SSSR count). The van der Waals surface area contributed by atoms with Crippen molar-refractivity contribution < 1.29 is 33.3 Å². The van der Waals surface area contributed by atoms with Crippen LogP contribution < -0.4 is 0 Å². The van der Waals surface area contributed by atoms with Crippen LogP contribution in [0.1, 0.15) is 6.42 Å². The normalized spacial score (nSPS) is 36.0. The molecule has 7 nitrogen and oxygen atoms in total. The predicted octanol–water partition coefficient (Wildman–Crippen LogP) is -0.165. The first-order valence-corrected chi connectivity index (χ1v) is 6.64. The number of carbonyl (C=O) groups excluding carboxylic acids is 3. The maximum atomic E-state index is 12.7. The first kappa shape index (κ1) is 14.2. The Labute approximate surface area is 121 Å². The van der Waals surface area contributed by atoms with E-state index in [0.29, 0.717) is 0 Å². The minimum atomic E-state index is -1.62. The number of methoxy groups -OCH3 is 3. The molecule has 3 aliphatic carbocycles. The van der Waals surface area contributed by atoms with Crippen molar-refractivity contribution in [3.8, 4) is 0 Å². The number of Topliss-reactive ketones (excluding diaryl/α,β-unsaturated/α-hetero) is 1. The van der Waals surface area contributed by atoms with Gasteiger partial charge in [-0.15, -0.1) is 0 Å². The van der Waals surface area contributed by atoms with Gasteiger partial charge in [0.1, 0.15) is 6.10 Å². The number of rotatable bonds is 3. The molecule has 4 atom stereocenters. The second-order valence-corrected chi connectivity index (χ2v) is 5.38. The highest BCUT2D eigenvalue weighted by atomic mass is 16.7. The highest BCUT2D eigenvalue weighted by Gasteiger charge is 2.68. The monoisotopic (exact) mass is 296 g/mol. The zero-order valence-corrected chi connectivity index (χ0v) is 12.0. The third-order valence-electron chi connectivity index (χ3n) is 4.66. The molecule has 2 bridgehead atoms. The molecule has 0 unspecified atom stereocenters. The molecule has 4 aliphatic rings. The summed E-state index contributed by atoms with van der Waals surface area (Å²) in [5, 5.41) is 0. The van der Waals surface area contributed by atoms with Gasteiger partial charge in [-0.1, -0.05) is 6.08 Å². The number of hydrogen-bond acceptors (Lipinski definition) is 7. The molecule has 0 spiro atoms. The van der Waals surface area contributed by atoms with E-state index in [1.807, 2.05) is 0 Å². The molecule has 0 N–H and O–H groups in total. The Bertz CT molecular complexity index is 546. The minimum Gasteiger partial charge on any atom is -0.466 e. The Morgan fingerprint density at radius 3 is 2.52 bits per heavy atom. The Morgan fingerprint density at radius 2 is 1.95 bits per heavy atom. The van der Waals surface area contributed by atoms with E-state index in [9.17, 15) is 14.4 Å². The lowest BCUT2D eigenvalue weighted by atomic mass is 9.59. The maximum Gasteiger partial charge on any atom is 0.334 e. The van der Waals surface area contributed by atoms with E-state index in [4.69, 9.17) is 18.9 Å². The fraction of sp³-hybridized carbons (Fsp3) is 0.643. The van der Waals surface area contributed by atoms with E-state index in [1.54, 1.807) is 6.08 Å². The number of carbonyl (C=O) groups is 3. The Kier molecular flexibility index (Phi) is 3.14. The van der Waals surface area contributed by atoms with E-state index >= 15 is 0 Å². The first-order chi connectivity index (χ1) is 10.00. The predicted molar refractivity (Wildman–Crippen MR) is 66.8 cm³/mol. The lowest BCUT2D eigenvalue weighted by molar-refractivity contribution is -0.256. The van der Waals surface area contributed by atoms with Crippen molar-refractivity contribution in [1.29, 1.82) is 0 Å². The van der Waals surface area contributed by atoms with Gasteiger partial charge in [-0.2, -0.15) is 0 Å². The van der Waals surface area contributed by atoms with Crippen LogP contribution in [0.2, 0.25) is 0 Å². The summed E-state index contributed by atoms with van der Waals surface area (Å²) in [4.78, 5) is 36.3. The fourth-order valence-electron chi connectivity index (χ4n) is 3.77. The molecule has 0 aromatic rings. The van der Waals surface area contributed by atoms with Gasteiger partial charge in [-0.05, 0) is 0 Å². The first-order valence-electron chi connectivity index (χ1n) is 6.64. The van der Waals surface area contributed by atoms with Crippen molar-refractivity contribution in [3.63, 3.8) is 0 Å². The number of esters is 2. The lowest BCUT2D eigenvalue weighted by Gasteiger charge is -2.50. The van der Waals surface area contributed by atoms with Crippen LogP contribution in [0.3, 0.4) is 0 Å². The summed E-state index contributed by atoms with van der Waals surface area (Å²) < 4.78 is 20.8. The van der Waals surface area contributed by atoms with Crippen LogP contribution in [0, 0.1) is 17.8 Å². The van der Waals surface area contributed by atoms with Gasteiger partial charge < -0.3 is 18.9 Å². The summed E-state index contributed by atoms with van der Waals surface area (Å²) in [5.74, 6) is -4.59. The smallest absolute Gasteiger partial charge is 0.334 e. The van der Waals surface area contributed by atoms with E-state index in [-0.39, 0.29) is 29.7 Å². The largest absolute Gasteiger partial charge is 0.466 e. The standard InChI is InChI=1S/C14H16O7/c1-18-13(17)8-4-7-6-5-9(15)21-11(6)10(8)14(19-2,20-3)12(7)16/h4,6-7,10-11H,5H2,1-3H3/t6-,7+,10-,11-/m0/s1. The topological polar surface area (TPSA) is 88.1 Å². The summed E-state index contributed by atoms with van der Waals surface area (Å²) >= 11 is 0. The van der Waals surface area contributed by atoms with Gasteiger partial charge in [0, 0.05) is 31.6 Å². The average molecular weight is 296 g/mol. The molecule has 0 radical (unpaired) electrons. The van der Waals surface area contributed by atoms with Crippen molar-refractivity contribution in [2.45, 2.75) is 18.3 Å². The second-order valence-electron chi connectivity index (χ2n) is 5.38. The molecule has 7 heteroatoms. The van der Waals surface area contributed by atoms with Crippen LogP contribution in [-0.4, -0.2) is 50.9 Å². The third kappa shape index (κ3) is 1.64. The molecule has 0 aromatic heterocycles. The van der Waals surface area contributed by atoms with E-state index < -0.39 is 29.7 Å². The zero-order valence-electron chi connectivity index (χ0n) is 12.0. The molecule has 114 valence electrons. The summed E-state index contributed by atoms with van der Waals surface area (Å²) in [6.07, 6.45) is 1.11. The molecule has 2 fully saturated rings. The number of hydrogen-bond donors (Lipinski definition) is 0. The van der Waals surface area contributed by atoms with Crippen LogP contribution in [0.15, 0.2) is 11.6 Å². The Morgan fingerprint density at radius 1 is 1.29 bits per heavy atom. The van der Waals surface area contributed by atoms with Gasteiger partial charge in [0.2, 0.25) is 5.79 Å². The summed E-state index contributed by atoms with van der Waals surface area (Å²) in [6.45, 7) is 0. The number of allylic oxidation sites excluding steroid dienone is 1. The van der Waals surface area contributed by atoms with E-state index in [2.05, 4.69) is 0 Å². The highest BCUT2D eigenvalue weighted by molar-refractivity contribution is 6.01. The van der Waals surface area contributed by atoms with Gasteiger partial charge in [0.15, 0.2) is 5.78 Å². The molecular formula is C14H16O7. The molecule has 1 saturated carbocycles. The zero-order chi connectivity index (χ0) is 15.4. The maximum absolute atomic E-state index is 12.7. The van der Waals surface area contributed by atoms with Gasteiger partial charge >= 0.3 is 11.9 Å². The van der Waals surface area contributed by atoms with Crippen LogP contribution >= 0.6 is 0 Å². The molecular weight excluding hydrogens is 280 g/mol. The quantitative estimate of drug-likeness (QED) is 0.528. The van der Waals surface area contributed by atoms with Crippen molar-refractivity contribution >= 4 is 17.7 Å². The third-order valence-corrected chi connectivity index (χ3v) is 4.66. The van der Waals surface area contributed by atoms with Crippen LogP contribution in [-0.2, 0) is 33.3 Å². The van der Waals surface area contributed by atoms with Gasteiger partial charge in [0.25, 0.3) is 0 Å². The molecule has 1 saturated heterocycles. The summed E-state index contributed by atoms with van der Waals surface area (Å²) in [5.41, 5.74) is 0.266. The second kappa shape index (κ2) is 4.64. The lowest BCUT2D eigenvalue weighted by Crippen LogP contribution is -2.66. The van der Waals surface area contributed by atoms with Crippen molar-refractivity contribution in [3.05, 3.63) is 11.6 Å². The Balaban J connectivity index is 2.15. The fourth-order valence-corrected chi connectivity index (χ4v) is 3.77. The van der Waals surface area contributed by atoms with Gasteiger partial charge in [0.05, 0.1) is 19.4 Å². The summed E-state index contributed by atoms with van der Waals surface area (Å²) in [6, 6.07) is 0.